The molecule has 0 atom stereocenters. The number of carbonyl (C=O) groups excluding carboxylic acids is 1. The van der Waals surface area contributed by atoms with E-state index >= 15 is 0 Å². The maximum atomic E-state index is 14.5. The van der Waals surface area contributed by atoms with Crippen molar-refractivity contribution in [3.05, 3.63) is 82.9 Å². The number of nitrogens with zero attached hydrogens (tertiary/aromatic N) is 1. The van der Waals surface area contributed by atoms with Crippen molar-refractivity contribution >= 4 is 45.2 Å². The molecule has 1 aliphatic rings. The van der Waals surface area contributed by atoms with E-state index in [1.165, 1.54) is 43.4 Å². The number of halogens is 2. The predicted molar refractivity (Wildman–Crippen MR) is 144 cm³/mol. The average molecular weight is 554 g/mol. The van der Waals surface area contributed by atoms with Gasteiger partial charge >= 0.3 is 7.12 Å². The molecule has 0 spiro atoms. The van der Waals surface area contributed by atoms with Gasteiger partial charge in [0.2, 0.25) is 10.0 Å². The van der Waals surface area contributed by atoms with Gasteiger partial charge in [-0.1, -0.05) is 12.1 Å². The van der Waals surface area contributed by atoms with Gasteiger partial charge < -0.3 is 19.8 Å². The molecular formula is C27H25BF2N2O6S. The average Bonchev–Trinajstić information content (AvgIpc) is 3.66. The number of rotatable bonds is 8. The molecule has 1 heterocycles. The molecule has 1 aliphatic carbocycles. The molecule has 0 saturated heterocycles. The van der Waals surface area contributed by atoms with E-state index in [0.717, 1.165) is 29.5 Å². The summed E-state index contributed by atoms with van der Waals surface area (Å²) < 4.78 is 61.3. The molecule has 4 aromatic rings. The van der Waals surface area contributed by atoms with Crippen LogP contribution in [0.4, 0.5) is 14.5 Å². The fraction of sp³-hybridized carbons (Fsp3) is 0.222. The molecule has 0 aliphatic heterocycles. The summed E-state index contributed by atoms with van der Waals surface area (Å²) in [6, 6.07) is 12.5. The van der Waals surface area contributed by atoms with E-state index in [1.54, 1.807) is 12.1 Å². The fourth-order valence-corrected chi connectivity index (χ4v) is 5.57. The summed E-state index contributed by atoms with van der Waals surface area (Å²) in [5.41, 5.74) is 1.98. The van der Waals surface area contributed by atoms with Crippen molar-refractivity contribution in [1.82, 2.24) is 5.32 Å². The normalized spacial score (nSPS) is 13.5. The number of nitrogens with one attached hydrogen (secondary N) is 1. The molecule has 1 amide bonds. The van der Waals surface area contributed by atoms with Gasteiger partial charge in [0.15, 0.2) is 0 Å². The smallest absolute Gasteiger partial charge is 0.455 e. The first-order chi connectivity index (χ1) is 18.5. The summed E-state index contributed by atoms with van der Waals surface area (Å²) in [5, 5.41) is 21.7. The summed E-state index contributed by atoms with van der Waals surface area (Å²) in [6.45, 7) is -0.226. The molecule has 1 fully saturated rings. The third kappa shape index (κ3) is 5.27. The monoisotopic (exact) mass is 554 g/mol. The largest absolute Gasteiger partial charge is 0.491 e. The fourth-order valence-electron chi connectivity index (χ4n) is 4.67. The molecule has 202 valence electrons. The third-order valence-electron chi connectivity index (χ3n) is 6.75. The maximum absolute atomic E-state index is 14.5. The van der Waals surface area contributed by atoms with E-state index in [0.29, 0.717) is 27.8 Å². The number of sulfonamides is 1. The SMILES string of the molecule is CNC(=O)c1c(-c2ccc(F)cc2)oc2cc(N(Cc3ccc(B(O)O)c(F)c3)S(C)(=O)=O)c(C3CC3)cc12. The Morgan fingerprint density at radius 3 is 2.36 bits per heavy atom. The lowest BCUT2D eigenvalue weighted by Crippen LogP contribution is -2.34. The molecule has 8 nitrogen and oxygen atoms in total. The Morgan fingerprint density at radius 2 is 1.79 bits per heavy atom. The highest BCUT2D eigenvalue weighted by Gasteiger charge is 2.33. The first-order valence-electron chi connectivity index (χ1n) is 12.2. The topological polar surface area (TPSA) is 120 Å². The Labute approximate surface area is 224 Å². The Bertz CT molecular complexity index is 1680. The third-order valence-corrected chi connectivity index (χ3v) is 7.88. The lowest BCUT2D eigenvalue weighted by atomic mass is 9.79. The zero-order chi connectivity index (χ0) is 28.1. The highest BCUT2D eigenvalue weighted by Crippen LogP contribution is 2.48. The molecule has 3 aromatic carbocycles. The van der Waals surface area contributed by atoms with Crippen molar-refractivity contribution in [2.24, 2.45) is 0 Å². The van der Waals surface area contributed by atoms with Crippen LogP contribution in [0.2, 0.25) is 0 Å². The molecule has 0 unspecified atom stereocenters. The molecule has 1 saturated carbocycles. The van der Waals surface area contributed by atoms with E-state index in [1.807, 2.05) is 0 Å². The van der Waals surface area contributed by atoms with Crippen LogP contribution < -0.4 is 15.1 Å². The van der Waals surface area contributed by atoms with Crippen LogP contribution in [0.15, 0.2) is 59.0 Å². The van der Waals surface area contributed by atoms with Gasteiger partial charge in [-0.3, -0.25) is 9.10 Å². The quantitative estimate of drug-likeness (QED) is 0.288. The van der Waals surface area contributed by atoms with Crippen LogP contribution in [0.5, 0.6) is 0 Å². The summed E-state index contributed by atoms with van der Waals surface area (Å²) in [4.78, 5) is 13.0. The zero-order valence-corrected chi connectivity index (χ0v) is 21.9. The van der Waals surface area contributed by atoms with E-state index < -0.39 is 34.7 Å². The molecule has 0 radical (unpaired) electrons. The minimum atomic E-state index is -3.88. The van der Waals surface area contributed by atoms with Crippen LogP contribution in [-0.2, 0) is 16.6 Å². The van der Waals surface area contributed by atoms with Crippen molar-refractivity contribution in [2.75, 3.05) is 17.6 Å². The number of anilines is 1. The first kappa shape index (κ1) is 26.9. The van der Waals surface area contributed by atoms with E-state index in [-0.39, 0.29) is 34.8 Å². The standard InChI is InChI=1S/C27H25BF2N2O6S/c1-31-27(33)25-20-12-19(16-4-5-16)23(13-24(20)38-26(25)17-6-8-18(29)9-7-17)32(39(2,36)37)14-15-3-10-21(28(34)35)22(30)11-15/h3,6-13,16,34-35H,4-5,14H2,1-2H3,(H,31,33). The van der Waals surface area contributed by atoms with Crippen molar-refractivity contribution in [3.8, 4) is 11.3 Å². The van der Waals surface area contributed by atoms with Crippen molar-refractivity contribution < 1.29 is 36.5 Å². The Kier molecular flexibility index (Phi) is 6.96. The Hall–Kier alpha value is -3.74. The number of hydrogen-bond acceptors (Lipinski definition) is 6. The van der Waals surface area contributed by atoms with Gasteiger partial charge in [0, 0.05) is 29.5 Å². The second-order valence-corrected chi connectivity index (χ2v) is 11.5. The zero-order valence-electron chi connectivity index (χ0n) is 21.1. The number of hydrogen-bond donors (Lipinski definition) is 3. The van der Waals surface area contributed by atoms with Gasteiger partial charge in [0.05, 0.1) is 24.1 Å². The van der Waals surface area contributed by atoms with Crippen molar-refractivity contribution in [3.63, 3.8) is 0 Å². The van der Waals surface area contributed by atoms with Crippen LogP contribution in [0.25, 0.3) is 22.3 Å². The number of furan rings is 1. The number of benzene rings is 3. The highest BCUT2D eigenvalue weighted by molar-refractivity contribution is 7.92. The van der Waals surface area contributed by atoms with E-state index in [4.69, 9.17) is 4.42 Å². The van der Waals surface area contributed by atoms with Gasteiger partial charge in [-0.05, 0) is 66.3 Å². The van der Waals surface area contributed by atoms with Gasteiger partial charge in [-0.2, -0.15) is 0 Å². The second-order valence-electron chi connectivity index (χ2n) is 9.57. The van der Waals surface area contributed by atoms with Crippen molar-refractivity contribution in [2.45, 2.75) is 25.3 Å². The van der Waals surface area contributed by atoms with Crippen LogP contribution in [0.1, 0.15) is 40.2 Å². The van der Waals surface area contributed by atoms with Gasteiger partial charge in [-0.15, -0.1) is 0 Å². The van der Waals surface area contributed by atoms with E-state index in [9.17, 15) is 32.0 Å². The Morgan fingerprint density at radius 1 is 1.10 bits per heavy atom. The summed E-state index contributed by atoms with van der Waals surface area (Å²) >= 11 is 0. The summed E-state index contributed by atoms with van der Waals surface area (Å²) in [5.74, 6) is -1.46. The van der Waals surface area contributed by atoms with Gasteiger partial charge in [0.25, 0.3) is 5.91 Å². The number of amides is 1. The minimum Gasteiger partial charge on any atom is -0.455 e. The van der Waals surface area contributed by atoms with Crippen LogP contribution in [0, 0.1) is 11.6 Å². The molecule has 0 bridgehead atoms. The van der Waals surface area contributed by atoms with Gasteiger partial charge in [0.1, 0.15) is 23.0 Å². The van der Waals surface area contributed by atoms with E-state index in [2.05, 4.69) is 5.32 Å². The summed E-state index contributed by atoms with van der Waals surface area (Å²) in [6.07, 6.45) is 2.69. The molecule has 12 heteroatoms. The Balaban J connectivity index is 1.69. The van der Waals surface area contributed by atoms with Crippen LogP contribution >= 0.6 is 0 Å². The summed E-state index contributed by atoms with van der Waals surface area (Å²) in [7, 11) is -4.40. The minimum absolute atomic E-state index is 0.0546. The molecule has 39 heavy (non-hydrogen) atoms. The number of carbonyl (C=O) groups is 1. The molecule has 3 N–H and O–H groups in total. The van der Waals surface area contributed by atoms with Crippen molar-refractivity contribution in [1.29, 1.82) is 0 Å². The maximum Gasteiger partial charge on any atom is 0.491 e. The lowest BCUT2D eigenvalue weighted by Gasteiger charge is -2.25. The number of fused-ring (bicyclic) bond motifs is 1. The lowest BCUT2D eigenvalue weighted by molar-refractivity contribution is 0.0964. The highest BCUT2D eigenvalue weighted by atomic mass is 32.2. The molecular weight excluding hydrogens is 529 g/mol. The van der Waals surface area contributed by atoms with Crippen LogP contribution in [0.3, 0.4) is 0 Å². The second kappa shape index (κ2) is 10.1. The molecule has 1 aromatic heterocycles. The van der Waals surface area contributed by atoms with Gasteiger partial charge in [-0.25, -0.2) is 17.2 Å². The first-order valence-corrected chi connectivity index (χ1v) is 14.0. The molecule has 5 rings (SSSR count). The van der Waals surface area contributed by atoms with Crippen LogP contribution in [-0.4, -0.2) is 44.8 Å². The predicted octanol–water partition coefficient (Wildman–Crippen LogP) is 3.26.